The number of amides is 1. The van der Waals surface area contributed by atoms with Crippen LogP contribution in [0.25, 0.3) is 0 Å². The molecule has 1 heterocycles. The second kappa shape index (κ2) is 11.0. The molecule has 1 N–H and O–H groups in total. The Bertz CT molecular complexity index is 1180. The number of hydrogen-bond acceptors (Lipinski definition) is 3. The predicted molar refractivity (Wildman–Crippen MR) is 130 cm³/mol. The number of fused-ring (bicyclic) bond motifs is 1. The molecule has 0 radical (unpaired) electrons. The first-order valence-electron chi connectivity index (χ1n) is 11.1. The molecule has 35 heavy (non-hydrogen) atoms. The first kappa shape index (κ1) is 25.5. The molecule has 0 fully saturated rings. The fourth-order valence-electron chi connectivity index (χ4n) is 3.94. The Labute approximate surface area is 210 Å². The lowest BCUT2D eigenvalue weighted by atomic mass is 10.0. The van der Waals surface area contributed by atoms with Crippen molar-refractivity contribution in [2.75, 3.05) is 13.1 Å². The number of carbonyl (C=O) groups is 1. The quantitative estimate of drug-likeness (QED) is 0.218. The van der Waals surface area contributed by atoms with Crippen LogP contribution in [-0.4, -0.2) is 24.1 Å². The van der Waals surface area contributed by atoms with E-state index >= 15 is 0 Å². The maximum atomic E-state index is 14.4. The van der Waals surface area contributed by atoms with Gasteiger partial charge in [0.05, 0.1) is 17.1 Å². The van der Waals surface area contributed by atoms with E-state index in [2.05, 4.69) is 11.4 Å². The minimum atomic E-state index is -4.47. The highest BCUT2D eigenvalue weighted by Crippen LogP contribution is 2.36. The molecule has 0 aromatic heterocycles. The summed E-state index contributed by atoms with van der Waals surface area (Å²) in [6.07, 6.45) is -2.59. The van der Waals surface area contributed by atoms with Gasteiger partial charge in [-0.15, -0.1) is 11.8 Å². The van der Waals surface area contributed by atoms with Crippen molar-refractivity contribution in [1.29, 1.82) is 0 Å². The zero-order chi connectivity index (χ0) is 25.0. The third kappa shape index (κ3) is 6.37. The molecule has 1 aliphatic rings. The van der Waals surface area contributed by atoms with Gasteiger partial charge in [0.15, 0.2) is 0 Å². The summed E-state index contributed by atoms with van der Waals surface area (Å²) in [5.41, 5.74) is 3.13. The monoisotopic (exact) mass is 522 g/mol. The summed E-state index contributed by atoms with van der Waals surface area (Å²) in [4.78, 5) is 13.5. The van der Waals surface area contributed by atoms with Crippen LogP contribution < -0.4 is 5.32 Å². The van der Waals surface area contributed by atoms with Crippen molar-refractivity contribution in [3.05, 3.63) is 99.1 Å². The second-order valence-electron chi connectivity index (χ2n) is 8.27. The van der Waals surface area contributed by atoms with Gasteiger partial charge in [-0.3, -0.25) is 4.79 Å². The van der Waals surface area contributed by atoms with Crippen molar-refractivity contribution in [2.45, 2.75) is 36.2 Å². The predicted octanol–water partition coefficient (Wildman–Crippen LogP) is 6.87. The molecule has 184 valence electrons. The molecule has 3 nitrogen and oxygen atoms in total. The van der Waals surface area contributed by atoms with Gasteiger partial charge in [0.2, 0.25) is 0 Å². The number of nitrogens with one attached hydrogen (secondary N) is 1. The molecule has 4 rings (SSSR count). The van der Waals surface area contributed by atoms with E-state index in [1.165, 1.54) is 11.1 Å². The number of hydrogen-bond donors (Lipinski definition) is 1. The molecule has 0 saturated heterocycles. The first-order valence-corrected chi connectivity index (χ1v) is 12.5. The van der Waals surface area contributed by atoms with E-state index in [4.69, 9.17) is 11.6 Å². The van der Waals surface area contributed by atoms with Gasteiger partial charge < -0.3 is 5.32 Å². The fraction of sp³-hybridized carbons (Fsp3) is 0.269. The van der Waals surface area contributed by atoms with Crippen LogP contribution in [0.1, 0.15) is 38.2 Å². The van der Waals surface area contributed by atoms with Gasteiger partial charge >= 0.3 is 6.18 Å². The van der Waals surface area contributed by atoms with Crippen LogP contribution in [0.15, 0.2) is 65.6 Å². The molecule has 0 spiro atoms. The first-order chi connectivity index (χ1) is 16.7. The lowest BCUT2D eigenvalue weighted by Crippen LogP contribution is -2.22. The molecule has 3 aromatic rings. The van der Waals surface area contributed by atoms with Crippen LogP contribution in [-0.2, 0) is 31.3 Å². The smallest absolute Gasteiger partial charge is 0.316 e. The minimum absolute atomic E-state index is 0.000599. The maximum Gasteiger partial charge on any atom is 0.416 e. The highest BCUT2D eigenvalue weighted by Gasteiger charge is 2.30. The number of benzene rings is 3. The van der Waals surface area contributed by atoms with Crippen LogP contribution in [0, 0.1) is 0 Å². The zero-order valence-corrected chi connectivity index (χ0v) is 20.2. The third-order valence-corrected chi connectivity index (χ3v) is 7.50. The Hall–Kier alpha value is -2.55. The average Bonchev–Trinajstić information content (AvgIpc) is 3.09. The number of thioether (sulfide) groups is 1. The van der Waals surface area contributed by atoms with Gasteiger partial charge in [-0.1, -0.05) is 46.4 Å². The summed E-state index contributed by atoms with van der Waals surface area (Å²) < 4.78 is 52.5. The Morgan fingerprint density at radius 2 is 1.60 bits per heavy atom. The average molecular weight is 523 g/mol. The summed E-state index contributed by atoms with van der Waals surface area (Å²) in [6.45, 7) is 1.41. The number of rotatable bonds is 6. The number of alkyl halides is 3. The van der Waals surface area contributed by atoms with Crippen LogP contribution in [0.2, 0.25) is 5.02 Å². The molecule has 0 aliphatic carbocycles. The summed E-state index contributed by atoms with van der Waals surface area (Å²) in [5.74, 6) is -0.212. The summed E-state index contributed by atoms with van der Waals surface area (Å²) in [7, 11) is 0. The Morgan fingerprint density at radius 1 is 0.943 bits per heavy atom. The number of carbonyl (C=O) groups excluding carboxylic acids is 1. The van der Waals surface area contributed by atoms with Crippen LogP contribution in [0.4, 0.5) is 17.7 Å². The van der Waals surface area contributed by atoms with Gasteiger partial charge in [0.25, 0.3) is 5.91 Å². The largest absolute Gasteiger partial charge is 0.416 e. The molecule has 3 aromatic carbocycles. The van der Waals surface area contributed by atoms with E-state index in [9.17, 15) is 22.4 Å². The second-order valence-corrected chi connectivity index (χ2v) is 9.66. The fourth-order valence-corrected chi connectivity index (χ4v) is 5.39. The van der Waals surface area contributed by atoms with E-state index in [1.807, 2.05) is 6.07 Å². The molecule has 9 heteroatoms. The maximum absolute atomic E-state index is 14.4. The van der Waals surface area contributed by atoms with Crippen molar-refractivity contribution in [2.24, 2.45) is 0 Å². The van der Waals surface area contributed by atoms with Crippen molar-refractivity contribution in [1.82, 2.24) is 10.4 Å². The van der Waals surface area contributed by atoms with Crippen molar-refractivity contribution >= 4 is 29.3 Å². The molecule has 1 aliphatic heterocycles. The normalized spacial score (nSPS) is 13.7. The summed E-state index contributed by atoms with van der Waals surface area (Å²) in [6, 6.07) is 14.7. The molecule has 0 atom stereocenters. The van der Waals surface area contributed by atoms with Crippen molar-refractivity contribution < 1.29 is 22.4 Å². The highest BCUT2D eigenvalue weighted by molar-refractivity contribution is 7.98. The highest BCUT2D eigenvalue weighted by atomic mass is 35.5. The Balaban J connectivity index is 1.38. The minimum Gasteiger partial charge on any atom is -0.316 e. The number of nitrogens with zero attached hydrogens (tertiary/aromatic N) is 1. The van der Waals surface area contributed by atoms with Gasteiger partial charge in [-0.25, -0.2) is 0 Å². The van der Waals surface area contributed by atoms with Crippen LogP contribution in [0.3, 0.4) is 0 Å². The van der Waals surface area contributed by atoms with E-state index in [0.29, 0.717) is 5.75 Å². The molecule has 0 unspecified atom stereocenters. The van der Waals surface area contributed by atoms with E-state index in [-0.39, 0.29) is 16.2 Å². The molecular formula is C26H23ClF4N2OS. The van der Waals surface area contributed by atoms with Crippen LogP contribution in [0.5, 0.6) is 0 Å². The van der Waals surface area contributed by atoms with Crippen molar-refractivity contribution in [3.8, 4) is 0 Å². The third-order valence-electron chi connectivity index (χ3n) is 5.84. The molecule has 0 saturated carbocycles. The standard InChI is InChI=1S/C26H23ClF4N2OS/c27-23-10-7-19-11-13-32-14-12-22(19)24(23)35-16-18-1-5-20(6-2-18)25(34)33(31)15-17-3-8-21(9-4-17)26(28,29)30/h1-10,32H,11-16H2. The Kier molecular flexibility index (Phi) is 8.04. The van der Waals surface area contributed by atoms with Gasteiger partial charge in [-0.2, -0.15) is 18.3 Å². The SMILES string of the molecule is O=C(c1ccc(CSc2c(Cl)ccc3c2CCNCC3)cc1)N(F)Cc1ccc(C(F)(F)F)cc1. The molecular weight excluding hydrogens is 500 g/mol. The van der Waals surface area contributed by atoms with E-state index < -0.39 is 24.2 Å². The van der Waals surface area contributed by atoms with Gasteiger partial charge in [0.1, 0.15) is 0 Å². The summed E-state index contributed by atoms with van der Waals surface area (Å²) >= 11 is 8.13. The number of halogens is 5. The van der Waals surface area contributed by atoms with Crippen molar-refractivity contribution in [3.63, 3.8) is 0 Å². The van der Waals surface area contributed by atoms with E-state index in [1.54, 1.807) is 36.0 Å². The lowest BCUT2D eigenvalue weighted by Gasteiger charge is -2.15. The zero-order valence-electron chi connectivity index (χ0n) is 18.7. The molecule has 0 bridgehead atoms. The van der Waals surface area contributed by atoms with Crippen LogP contribution >= 0.6 is 23.4 Å². The van der Waals surface area contributed by atoms with Gasteiger partial charge in [0, 0.05) is 16.2 Å². The Morgan fingerprint density at radius 3 is 2.29 bits per heavy atom. The topological polar surface area (TPSA) is 32.3 Å². The van der Waals surface area contributed by atoms with Gasteiger partial charge in [-0.05, 0) is 78.5 Å². The molecule has 1 amide bonds. The van der Waals surface area contributed by atoms with E-state index in [0.717, 1.165) is 65.7 Å². The lowest BCUT2D eigenvalue weighted by molar-refractivity contribution is -0.137. The summed E-state index contributed by atoms with van der Waals surface area (Å²) in [5, 5.41) is 4.12.